The van der Waals surface area contributed by atoms with E-state index in [1.54, 1.807) is 23.3 Å². The maximum absolute atomic E-state index is 5.56. The Labute approximate surface area is 106 Å². The first-order valence-corrected chi connectivity index (χ1v) is 5.71. The first kappa shape index (κ1) is 11.8. The molecule has 17 heavy (non-hydrogen) atoms. The second kappa shape index (κ2) is 5.11. The summed E-state index contributed by atoms with van der Waals surface area (Å²) in [6.45, 7) is 2.78. The molecule has 0 amide bonds. The molecule has 2 aromatic rings. The number of hydrazine groups is 1. The van der Waals surface area contributed by atoms with Crippen LogP contribution in [0.15, 0.2) is 23.1 Å². The zero-order chi connectivity index (χ0) is 12.3. The number of aryl methyl sites for hydroxylation is 1. The summed E-state index contributed by atoms with van der Waals surface area (Å²) in [4.78, 5) is 7.99. The minimum Gasteiger partial charge on any atom is -0.434 e. The zero-order valence-electron chi connectivity index (χ0n) is 9.09. The fraction of sp³-hybridized carbons (Fsp3) is 0.222. The maximum Gasteiger partial charge on any atom is 0.240 e. The molecular formula is C9H11BrN6O. The molecule has 2 aromatic heterocycles. The Morgan fingerprint density at radius 2 is 2.35 bits per heavy atom. The number of rotatable bonds is 4. The summed E-state index contributed by atoms with van der Waals surface area (Å²) >= 11 is 3.30. The lowest BCUT2D eigenvalue weighted by Crippen LogP contribution is -2.10. The number of anilines is 1. The van der Waals surface area contributed by atoms with Gasteiger partial charge in [-0.1, -0.05) is 0 Å². The van der Waals surface area contributed by atoms with E-state index in [1.807, 2.05) is 6.92 Å². The quantitative estimate of drug-likeness (QED) is 0.657. The van der Waals surface area contributed by atoms with E-state index in [0.29, 0.717) is 16.1 Å². The molecule has 0 fully saturated rings. The van der Waals surface area contributed by atoms with Crippen molar-refractivity contribution in [1.82, 2.24) is 19.7 Å². The molecule has 0 bridgehead atoms. The van der Waals surface area contributed by atoms with Crippen LogP contribution in [-0.2, 0) is 6.54 Å². The van der Waals surface area contributed by atoms with E-state index in [2.05, 4.69) is 36.4 Å². The number of hydrogen-bond donors (Lipinski definition) is 2. The highest BCUT2D eigenvalue weighted by atomic mass is 79.9. The Kier molecular flexibility index (Phi) is 3.55. The van der Waals surface area contributed by atoms with Gasteiger partial charge in [-0.3, -0.25) is 10.1 Å². The van der Waals surface area contributed by atoms with Gasteiger partial charge < -0.3 is 4.74 Å². The summed E-state index contributed by atoms with van der Waals surface area (Å²) in [5, 5.41) is 4.10. The number of nitrogens with two attached hydrogens (primary N) is 1. The van der Waals surface area contributed by atoms with E-state index in [-0.39, 0.29) is 5.95 Å². The predicted octanol–water partition coefficient (Wildman–Crippen LogP) is 1.53. The van der Waals surface area contributed by atoms with Crippen molar-refractivity contribution >= 4 is 21.9 Å². The number of aromatic nitrogens is 4. The van der Waals surface area contributed by atoms with Gasteiger partial charge in [-0.2, -0.15) is 10.1 Å². The van der Waals surface area contributed by atoms with Crippen LogP contribution in [0.5, 0.6) is 11.6 Å². The SMILES string of the molecule is CCn1cc(Oc2nc(NN)ncc2Br)cn1. The van der Waals surface area contributed by atoms with E-state index in [1.165, 1.54) is 0 Å². The first-order valence-electron chi connectivity index (χ1n) is 4.92. The van der Waals surface area contributed by atoms with Crippen LogP contribution in [0.3, 0.4) is 0 Å². The van der Waals surface area contributed by atoms with Crippen molar-refractivity contribution in [2.24, 2.45) is 5.84 Å². The second-order valence-electron chi connectivity index (χ2n) is 3.12. The normalized spacial score (nSPS) is 10.3. The lowest BCUT2D eigenvalue weighted by molar-refractivity contribution is 0.457. The topological polar surface area (TPSA) is 90.9 Å². The third-order valence-electron chi connectivity index (χ3n) is 1.99. The van der Waals surface area contributed by atoms with Gasteiger partial charge in [0.15, 0.2) is 5.75 Å². The highest BCUT2D eigenvalue weighted by Crippen LogP contribution is 2.27. The summed E-state index contributed by atoms with van der Waals surface area (Å²) in [5.74, 6) is 6.49. The van der Waals surface area contributed by atoms with Gasteiger partial charge in [0, 0.05) is 6.54 Å². The Bertz CT molecular complexity index is 514. The largest absolute Gasteiger partial charge is 0.434 e. The molecule has 0 aromatic carbocycles. The zero-order valence-corrected chi connectivity index (χ0v) is 10.7. The summed E-state index contributed by atoms with van der Waals surface area (Å²) in [6.07, 6.45) is 4.96. The van der Waals surface area contributed by atoms with E-state index in [4.69, 9.17) is 10.6 Å². The number of nitrogens with zero attached hydrogens (tertiary/aromatic N) is 4. The van der Waals surface area contributed by atoms with Crippen molar-refractivity contribution in [2.45, 2.75) is 13.5 Å². The summed E-state index contributed by atoms with van der Waals surface area (Å²) in [5.41, 5.74) is 2.35. The van der Waals surface area contributed by atoms with E-state index in [0.717, 1.165) is 6.54 Å². The van der Waals surface area contributed by atoms with Crippen molar-refractivity contribution in [3.63, 3.8) is 0 Å². The third kappa shape index (κ3) is 2.71. The molecule has 0 saturated heterocycles. The molecule has 8 heteroatoms. The van der Waals surface area contributed by atoms with E-state index in [9.17, 15) is 0 Å². The third-order valence-corrected chi connectivity index (χ3v) is 2.53. The number of nitrogens with one attached hydrogen (secondary N) is 1. The van der Waals surface area contributed by atoms with Gasteiger partial charge in [-0.05, 0) is 22.9 Å². The number of ether oxygens (including phenoxy) is 1. The molecule has 0 radical (unpaired) electrons. The minimum atomic E-state index is 0.283. The standard InChI is InChI=1S/C9H11BrN6O/c1-2-16-5-6(3-13-16)17-8-7(10)4-12-9(14-8)15-11/h3-5H,2,11H2,1H3,(H,12,14,15). The summed E-state index contributed by atoms with van der Waals surface area (Å²) in [6, 6.07) is 0. The van der Waals surface area contributed by atoms with Crippen molar-refractivity contribution in [3.05, 3.63) is 23.1 Å². The Morgan fingerprint density at radius 1 is 1.53 bits per heavy atom. The lowest BCUT2D eigenvalue weighted by Gasteiger charge is -2.05. The molecule has 3 N–H and O–H groups in total. The molecule has 2 rings (SSSR count). The van der Waals surface area contributed by atoms with Crippen LogP contribution in [0.25, 0.3) is 0 Å². The first-order chi connectivity index (χ1) is 8.22. The van der Waals surface area contributed by atoms with Gasteiger partial charge in [0.05, 0.1) is 23.1 Å². The van der Waals surface area contributed by atoms with Gasteiger partial charge in [0.2, 0.25) is 11.8 Å². The van der Waals surface area contributed by atoms with Gasteiger partial charge in [-0.15, -0.1) is 0 Å². The molecule has 0 aliphatic heterocycles. The van der Waals surface area contributed by atoms with Crippen molar-refractivity contribution < 1.29 is 4.74 Å². The van der Waals surface area contributed by atoms with Crippen LogP contribution in [0.2, 0.25) is 0 Å². The van der Waals surface area contributed by atoms with Crippen molar-refractivity contribution in [1.29, 1.82) is 0 Å². The summed E-state index contributed by atoms with van der Waals surface area (Å²) in [7, 11) is 0. The van der Waals surface area contributed by atoms with Crippen LogP contribution >= 0.6 is 15.9 Å². The molecule has 0 saturated carbocycles. The van der Waals surface area contributed by atoms with Crippen LogP contribution in [0, 0.1) is 0 Å². The Hall–Kier alpha value is -1.67. The van der Waals surface area contributed by atoms with Gasteiger partial charge in [-0.25, -0.2) is 10.8 Å². The molecule has 7 nitrogen and oxygen atoms in total. The molecule has 90 valence electrons. The molecule has 0 spiro atoms. The van der Waals surface area contributed by atoms with Crippen LogP contribution < -0.4 is 16.0 Å². The maximum atomic E-state index is 5.56. The highest BCUT2D eigenvalue weighted by Gasteiger charge is 2.08. The summed E-state index contributed by atoms with van der Waals surface area (Å²) < 4.78 is 7.95. The number of hydrogen-bond acceptors (Lipinski definition) is 6. The predicted molar refractivity (Wildman–Crippen MR) is 65.5 cm³/mol. The lowest BCUT2D eigenvalue weighted by atomic mass is 10.6. The van der Waals surface area contributed by atoms with Gasteiger partial charge >= 0.3 is 0 Å². The smallest absolute Gasteiger partial charge is 0.240 e. The van der Waals surface area contributed by atoms with Gasteiger partial charge in [0.25, 0.3) is 0 Å². The van der Waals surface area contributed by atoms with E-state index < -0.39 is 0 Å². The Morgan fingerprint density at radius 3 is 3.00 bits per heavy atom. The molecule has 0 aliphatic rings. The molecule has 0 unspecified atom stereocenters. The average Bonchev–Trinajstić information content (AvgIpc) is 2.80. The molecule has 0 aliphatic carbocycles. The van der Waals surface area contributed by atoms with Crippen molar-refractivity contribution in [3.8, 4) is 11.6 Å². The minimum absolute atomic E-state index is 0.283. The van der Waals surface area contributed by atoms with Crippen LogP contribution in [-0.4, -0.2) is 19.7 Å². The van der Waals surface area contributed by atoms with E-state index >= 15 is 0 Å². The number of nitrogen functional groups attached to an aromatic ring is 1. The monoisotopic (exact) mass is 298 g/mol. The van der Waals surface area contributed by atoms with Crippen molar-refractivity contribution in [2.75, 3.05) is 5.43 Å². The molecule has 2 heterocycles. The van der Waals surface area contributed by atoms with Crippen LogP contribution in [0.1, 0.15) is 6.92 Å². The van der Waals surface area contributed by atoms with Crippen LogP contribution in [0.4, 0.5) is 5.95 Å². The molecular weight excluding hydrogens is 288 g/mol. The Balaban J connectivity index is 2.22. The second-order valence-corrected chi connectivity index (χ2v) is 3.98. The molecule has 0 atom stereocenters. The van der Waals surface area contributed by atoms with Gasteiger partial charge in [0.1, 0.15) is 0 Å². The highest BCUT2D eigenvalue weighted by molar-refractivity contribution is 9.10. The number of halogens is 1. The fourth-order valence-corrected chi connectivity index (χ4v) is 1.45. The fourth-order valence-electron chi connectivity index (χ4n) is 1.17. The average molecular weight is 299 g/mol.